The Balaban J connectivity index is 1.60. The molecule has 2 heterocycles. The van der Waals surface area contributed by atoms with Gasteiger partial charge in [-0.05, 0) is 42.7 Å². The summed E-state index contributed by atoms with van der Waals surface area (Å²) in [5.41, 5.74) is 1.42. The van der Waals surface area contributed by atoms with E-state index in [4.69, 9.17) is 9.15 Å². The first-order valence-electron chi connectivity index (χ1n) is 11.0. The van der Waals surface area contributed by atoms with E-state index in [0.717, 1.165) is 43.1 Å². The van der Waals surface area contributed by atoms with E-state index in [1.54, 1.807) is 36.3 Å². The highest BCUT2D eigenvalue weighted by molar-refractivity contribution is 6.16. The minimum absolute atomic E-state index is 0.0218. The Morgan fingerprint density at radius 3 is 2.47 bits per heavy atom. The van der Waals surface area contributed by atoms with E-state index in [-0.39, 0.29) is 17.4 Å². The lowest BCUT2D eigenvalue weighted by Crippen LogP contribution is -2.41. The molecule has 0 bridgehead atoms. The number of nitrogens with zero attached hydrogens (tertiary/aromatic N) is 1. The summed E-state index contributed by atoms with van der Waals surface area (Å²) in [5, 5.41) is 11.7. The Labute approximate surface area is 186 Å². The molecule has 0 spiro atoms. The summed E-state index contributed by atoms with van der Waals surface area (Å²) in [6, 6.07) is 15.6. The van der Waals surface area contributed by atoms with Crippen molar-refractivity contribution in [2.75, 3.05) is 7.11 Å². The second-order valence-electron chi connectivity index (χ2n) is 8.42. The van der Waals surface area contributed by atoms with Crippen molar-refractivity contribution in [3.05, 3.63) is 77.3 Å². The fraction of sp³-hybridized carbons (Fsp3) is 0.308. The van der Waals surface area contributed by atoms with Gasteiger partial charge in [0.15, 0.2) is 11.5 Å². The van der Waals surface area contributed by atoms with Crippen molar-refractivity contribution in [3.63, 3.8) is 0 Å². The molecule has 3 aromatic rings. The molecule has 1 amide bonds. The van der Waals surface area contributed by atoms with Gasteiger partial charge in [-0.25, -0.2) is 0 Å². The zero-order chi connectivity index (χ0) is 22.2. The number of benzene rings is 2. The molecule has 1 aromatic heterocycles. The number of Topliss-reactive ketones (excluding diaryl/α,β-unsaturated/α-hetero) is 1. The number of hydrogen-bond acceptors (Lipinski definition) is 5. The van der Waals surface area contributed by atoms with Crippen molar-refractivity contribution in [3.8, 4) is 5.75 Å². The number of para-hydroxylation sites is 1. The van der Waals surface area contributed by atoms with Gasteiger partial charge in [0.25, 0.3) is 5.91 Å². The van der Waals surface area contributed by atoms with E-state index in [1.807, 2.05) is 30.3 Å². The standard InChI is InChI=1S/C26H25NO5/c1-31-19-13-11-16(12-14-19)23-22(24(28)21-15-17-7-5-6-10-20(17)32-21)25(29)26(30)27(23)18-8-3-2-4-9-18/h5-7,10-15,18,23,29H,2-4,8-9H2,1H3. The molecule has 32 heavy (non-hydrogen) atoms. The molecule has 5 rings (SSSR count). The first-order valence-corrected chi connectivity index (χ1v) is 11.0. The zero-order valence-corrected chi connectivity index (χ0v) is 17.9. The summed E-state index contributed by atoms with van der Waals surface area (Å²) in [4.78, 5) is 28.5. The Morgan fingerprint density at radius 2 is 1.78 bits per heavy atom. The lowest BCUT2D eigenvalue weighted by Gasteiger charge is -2.36. The van der Waals surface area contributed by atoms with Crippen LogP contribution < -0.4 is 4.74 Å². The average molecular weight is 431 g/mol. The predicted octanol–water partition coefficient (Wildman–Crippen LogP) is 5.35. The van der Waals surface area contributed by atoms with Crippen LogP contribution in [0.4, 0.5) is 0 Å². The van der Waals surface area contributed by atoms with Crippen LogP contribution in [0.1, 0.15) is 54.3 Å². The van der Waals surface area contributed by atoms with E-state index >= 15 is 0 Å². The molecule has 164 valence electrons. The highest BCUT2D eigenvalue weighted by atomic mass is 16.5. The normalized spacial score (nSPS) is 19.7. The smallest absolute Gasteiger partial charge is 0.290 e. The number of aliphatic hydroxyl groups excluding tert-OH is 1. The average Bonchev–Trinajstić information content (AvgIpc) is 3.38. The number of amides is 1. The summed E-state index contributed by atoms with van der Waals surface area (Å²) in [6.07, 6.45) is 4.90. The lowest BCUT2D eigenvalue weighted by atomic mass is 9.90. The highest BCUT2D eigenvalue weighted by Gasteiger charge is 2.47. The number of ketones is 1. The Morgan fingerprint density at radius 1 is 1.06 bits per heavy atom. The maximum atomic E-state index is 13.6. The number of ether oxygens (including phenoxy) is 1. The molecule has 1 saturated carbocycles. The van der Waals surface area contributed by atoms with E-state index in [9.17, 15) is 14.7 Å². The maximum Gasteiger partial charge on any atom is 0.290 e. The van der Waals surface area contributed by atoms with Gasteiger partial charge in [0.2, 0.25) is 5.78 Å². The number of fused-ring (bicyclic) bond motifs is 1. The Bertz CT molecular complexity index is 1170. The van der Waals surface area contributed by atoms with Crippen LogP contribution in [0.15, 0.2) is 70.3 Å². The predicted molar refractivity (Wildman–Crippen MR) is 120 cm³/mol. The van der Waals surface area contributed by atoms with Gasteiger partial charge in [0.1, 0.15) is 11.3 Å². The summed E-state index contributed by atoms with van der Waals surface area (Å²) in [7, 11) is 1.59. The molecule has 2 aliphatic rings. The van der Waals surface area contributed by atoms with Gasteiger partial charge in [-0.3, -0.25) is 9.59 Å². The third-order valence-electron chi connectivity index (χ3n) is 6.54. The molecule has 1 fully saturated rings. The minimum atomic E-state index is -0.669. The fourth-order valence-electron chi connectivity index (χ4n) is 4.93. The van der Waals surface area contributed by atoms with Crippen LogP contribution in [0, 0.1) is 0 Å². The summed E-state index contributed by atoms with van der Waals surface area (Å²) < 4.78 is 11.1. The molecule has 0 radical (unpaired) electrons. The van der Waals surface area contributed by atoms with Crippen LogP contribution in [-0.4, -0.2) is 34.8 Å². The van der Waals surface area contributed by atoms with Crippen molar-refractivity contribution < 1.29 is 23.8 Å². The summed E-state index contributed by atoms with van der Waals surface area (Å²) in [5.74, 6) is -0.643. The number of methoxy groups -OCH3 is 1. The summed E-state index contributed by atoms with van der Waals surface area (Å²) >= 11 is 0. The van der Waals surface area contributed by atoms with Crippen LogP contribution in [-0.2, 0) is 4.79 Å². The summed E-state index contributed by atoms with van der Waals surface area (Å²) in [6.45, 7) is 0. The van der Waals surface area contributed by atoms with Gasteiger partial charge >= 0.3 is 0 Å². The van der Waals surface area contributed by atoms with Crippen molar-refractivity contribution in [1.82, 2.24) is 4.90 Å². The van der Waals surface area contributed by atoms with Gasteiger partial charge in [-0.2, -0.15) is 0 Å². The van der Waals surface area contributed by atoms with Crippen molar-refractivity contribution >= 4 is 22.7 Å². The van der Waals surface area contributed by atoms with E-state index in [1.165, 1.54) is 0 Å². The topological polar surface area (TPSA) is 80.0 Å². The second kappa shape index (κ2) is 8.19. The molecular formula is C26H25NO5. The van der Waals surface area contributed by atoms with Gasteiger partial charge in [-0.1, -0.05) is 49.6 Å². The minimum Gasteiger partial charge on any atom is -0.503 e. The number of carbonyl (C=O) groups is 2. The number of aliphatic hydroxyl groups is 1. The molecular weight excluding hydrogens is 406 g/mol. The third kappa shape index (κ3) is 3.36. The van der Waals surface area contributed by atoms with Crippen LogP contribution in [0.2, 0.25) is 0 Å². The van der Waals surface area contributed by atoms with Crippen molar-refractivity contribution in [2.45, 2.75) is 44.2 Å². The number of furan rings is 1. The highest BCUT2D eigenvalue weighted by Crippen LogP contribution is 2.43. The second-order valence-corrected chi connectivity index (χ2v) is 8.42. The molecule has 6 heteroatoms. The van der Waals surface area contributed by atoms with Crippen LogP contribution >= 0.6 is 0 Å². The molecule has 1 atom stereocenters. The molecule has 0 saturated heterocycles. The van der Waals surface area contributed by atoms with Gasteiger partial charge in [0.05, 0.1) is 18.7 Å². The first-order chi connectivity index (χ1) is 15.6. The third-order valence-corrected chi connectivity index (χ3v) is 6.54. The Kier molecular flexibility index (Phi) is 5.21. The zero-order valence-electron chi connectivity index (χ0n) is 17.9. The SMILES string of the molecule is COc1ccc(C2C(C(=O)c3cc4ccccc4o3)=C(O)C(=O)N2C2CCCCC2)cc1. The molecule has 1 aliphatic heterocycles. The molecule has 1 unspecified atom stereocenters. The first kappa shape index (κ1) is 20.4. The number of hydrogen-bond donors (Lipinski definition) is 1. The van der Waals surface area contributed by atoms with E-state index < -0.39 is 23.5 Å². The largest absolute Gasteiger partial charge is 0.503 e. The van der Waals surface area contributed by atoms with E-state index in [2.05, 4.69) is 0 Å². The van der Waals surface area contributed by atoms with Crippen LogP contribution in [0.25, 0.3) is 11.0 Å². The van der Waals surface area contributed by atoms with Crippen LogP contribution in [0.5, 0.6) is 5.75 Å². The number of rotatable bonds is 5. The lowest BCUT2D eigenvalue weighted by molar-refractivity contribution is -0.132. The van der Waals surface area contributed by atoms with Crippen LogP contribution in [0.3, 0.4) is 0 Å². The van der Waals surface area contributed by atoms with Crippen molar-refractivity contribution in [1.29, 1.82) is 0 Å². The van der Waals surface area contributed by atoms with Gasteiger partial charge in [-0.15, -0.1) is 0 Å². The number of carbonyl (C=O) groups excluding carboxylic acids is 2. The molecule has 2 aromatic carbocycles. The van der Waals surface area contributed by atoms with Gasteiger partial charge < -0.3 is 19.2 Å². The van der Waals surface area contributed by atoms with Crippen molar-refractivity contribution in [2.24, 2.45) is 0 Å². The monoisotopic (exact) mass is 431 g/mol. The maximum absolute atomic E-state index is 13.6. The fourth-order valence-corrected chi connectivity index (χ4v) is 4.93. The molecule has 1 aliphatic carbocycles. The quantitative estimate of drug-likeness (QED) is 0.551. The van der Waals surface area contributed by atoms with E-state index in [0.29, 0.717) is 11.3 Å². The van der Waals surface area contributed by atoms with Gasteiger partial charge in [0, 0.05) is 11.4 Å². The Hall–Kier alpha value is -3.54. The molecule has 1 N–H and O–H groups in total. The molecule has 6 nitrogen and oxygen atoms in total.